The van der Waals surface area contributed by atoms with Crippen molar-refractivity contribution in [1.29, 1.82) is 0 Å². The van der Waals surface area contributed by atoms with Gasteiger partial charge in [0.05, 0.1) is 11.0 Å². The summed E-state index contributed by atoms with van der Waals surface area (Å²) < 4.78 is 2.41. The van der Waals surface area contributed by atoms with Crippen LogP contribution in [0.2, 0.25) is 0 Å². The fourth-order valence-electron chi connectivity index (χ4n) is 2.77. The number of nitrogens with zero attached hydrogens (tertiary/aromatic N) is 3. The van der Waals surface area contributed by atoms with Crippen LogP contribution in [0.1, 0.15) is 46.6 Å². The molecule has 1 aromatic carbocycles. The Bertz CT molecular complexity index is 539. The largest absolute Gasteiger partial charge is 0.348 e. The van der Waals surface area contributed by atoms with Crippen LogP contribution in [0.5, 0.6) is 0 Å². The Morgan fingerprint density at radius 1 is 1.05 bits per heavy atom. The molecule has 1 N–H and O–H groups in total. The van der Waals surface area contributed by atoms with Crippen LogP contribution in [0.25, 0.3) is 11.0 Å². The molecule has 4 heteroatoms. The molecule has 1 fully saturated rings. The van der Waals surface area contributed by atoms with Gasteiger partial charge in [0, 0.05) is 20.1 Å². The maximum absolute atomic E-state index is 4.76. The summed E-state index contributed by atoms with van der Waals surface area (Å²) in [6, 6.07) is 9.00. The van der Waals surface area contributed by atoms with E-state index in [0.29, 0.717) is 6.04 Å². The number of imidazole rings is 1. The number of para-hydroxylation sites is 2. The molecule has 1 aliphatic rings. The van der Waals surface area contributed by atoms with Crippen LogP contribution in [-0.4, -0.2) is 36.7 Å². The molecule has 1 aromatic heterocycles. The number of fused-ring (bicyclic) bond motifs is 1. The molecule has 0 aliphatic carbocycles. The minimum absolute atomic E-state index is 0.566. The van der Waals surface area contributed by atoms with E-state index in [9.17, 15) is 0 Å². The topological polar surface area (TPSA) is 33.1 Å². The Balaban J connectivity index is 0.000000561. The molecule has 1 aliphatic heterocycles. The van der Waals surface area contributed by atoms with Crippen LogP contribution in [0.4, 0.5) is 5.95 Å². The van der Waals surface area contributed by atoms with Gasteiger partial charge in [0.2, 0.25) is 5.95 Å². The van der Waals surface area contributed by atoms with Crippen molar-refractivity contribution in [3.05, 3.63) is 24.3 Å². The number of hydrogen-bond acceptors (Lipinski definition) is 3. The Hall–Kier alpha value is -1.55. The molecule has 0 saturated carbocycles. The van der Waals surface area contributed by atoms with Crippen molar-refractivity contribution in [2.45, 2.75) is 46.6 Å². The molecular weight excluding hydrogens is 272 g/mol. The first kappa shape index (κ1) is 18.5. The van der Waals surface area contributed by atoms with Gasteiger partial charge in [-0.3, -0.25) is 0 Å². The molecule has 0 bridgehead atoms. The smallest absolute Gasteiger partial charge is 0.206 e. The summed E-state index contributed by atoms with van der Waals surface area (Å²) >= 11 is 0. The molecule has 1 saturated heterocycles. The summed E-state index contributed by atoms with van der Waals surface area (Å²) in [7, 11) is 4.14. The van der Waals surface area contributed by atoms with E-state index in [1.807, 2.05) is 27.7 Å². The number of benzene rings is 1. The fraction of sp³-hybridized carbons (Fsp3) is 0.611. The van der Waals surface area contributed by atoms with Gasteiger partial charge in [-0.15, -0.1) is 0 Å². The van der Waals surface area contributed by atoms with Crippen molar-refractivity contribution in [3.8, 4) is 0 Å². The maximum Gasteiger partial charge on any atom is 0.206 e. The van der Waals surface area contributed by atoms with E-state index in [0.717, 1.165) is 24.6 Å². The van der Waals surface area contributed by atoms with Crippen molar-refractivity contribution in [1.82, 2.24) is 14.9 Å². The molecule has 124 valence electrons. The average molecular weight is 304 g/mol. The normalized spacial score (nSPS) is 14.6. The van der Waals surface area contributed by atoms with E-state index < -0.39 is 0 Å². The van der Waals surface area contributed by atoms with E-state index in [1.165, 1.54) is 18.4 Å². The Morgan fingerprint density at radius 3 is 2.23 bits per heavy atom. The number of anilines is 1. The van der Waals surface area contributed by atoms with Crippen molar-refractivity contribution >= 4 is 17.0 Å². The SMILES string of the molecule is CC.CC.CN(C)c1nc2ccccc2n1C1CCNCC1. The lowest BCUT2D eigenvalue weighted by Crippen LogP contribution is -2.30. The lowest BCUT2D eigenvalue weighted by Gasteiger charge is -2.27. The highest BCUT2D eigenvalue weighted by Gasteiger charge is 2.21. The van der Waals surface area contributed by atoms with Gasteiger partial charge in [-0.25, -0.2) is 4.98 Å². The number of hydrogen-bond donors (Lipinski definition) is 1. The van der Waals surface area contributed by atoms with E-state index in [2.05, 4.69) is 53.1 Å². The monoisotopic (exact) mass is 304 g/mol. The number of rotatable bonds is 2. The van der Waals surface area contributed by atoms with Gasteiger partial charge >= 0.3 is 0 Å². The van der Waals surface area contributed by atoms with Gasteiger partial charge in [0.15, 0.2) is 0 Å². The van der Waals surface area contributed by atoms with Crippen LogP contribution in [0, 0.1) is 0 Å². The third-order valence-corrected chi connectivity index (χ3v) is 3.65. The second-order valence-electron chi connectivity index (χ2n) is 5.15. The highest BCUT2D eigenvalue weighted by Crippen LogP contribution is 2.30. The van der Waals surface area contributed by atoms with Gasteiger partial charge in [-0.2, -0.15) is 0 Å². The maximum atomic E-state index is 4.76. The fourth-order valence-corrected chi connectivity index (χ4v) is 2.77. The van der Waals surface area contributed by atoms with E-state index >= 15 is 0 Å². The second kappa shape index (κ2) is 9.46. The highest BCUT2D eigenvalue weighted by atomic mass is 15.3. The van der Waals surface area contributed by atoms with Crippen molar-refractivity contribution in [2.24, 2.45) is 0 Å². The lowest BCUT2D eigenvalue weighted by atomic mass is 10.1. The van der Waals surface area contributed by atoms with Gasteiger partial charge in [0.25, 0.3) is 0 Å². The predicted molar refractivity (Wildman–Crippen MR) is 97.9 cm³/mol. The summed E-state index contributed by atoms with van der Waals surface area (Å²) in [6.07, 6.45) is 2.36. The van der Waals surface area contributed by atoms with Gasteiger partial charge < -0.3 is 14.8 Å². The molecule has 22 heavy (non-hydrogen) atoms. The molecule has 3 rings (SSSR count). The minimum atomic E-state index is 0.566. The summed E-state index contributed by atoms with van der Waals surface area (Å²) in [5.74, 6) is 1.07. The zero-order valence-corrected chi connectivity index (χ0v) is 15.1. The molecule has 0 atom stereocenters. The average Bonchev–Trinajstić information content (AvgIpc) is 2.99. The lowest BCUT2D eigenvalue weighted by molar-refractivity contribution is 0.376. The molecule has 2 heterocycles. The summed E-state index contributed by atoms with van der Waals surface area (Å²) in [5.41, 5.74) is 2.35. The number of aromatic nitrogens is 2. The first-order valence-electron chi connectivity index (χ1n) is 8.62. The molecule has 0 unspecified atom stereocenters. The quantitative estimate of drug-likeness (QED) is 0.907. The van der Waals surface area contributed by atoms with Gasteiger partial charge in [-0.1, -0.05) is 39.8 Å². The predicted octanol–water partition coefficient (Wildman–Crippen LogP) is 4.08. The summed E-state index contributed by atoms with van der Waals surface area (Å²) in [6.45, 7) is 10.2. The summed E-state index contributed by atoms with van der Waals surface area (Å²) in [4.78, 5) is 6.87. The molecule has 0 spiro atoms. The van der Waals surface area contributed by atoms with Crippen LogP contribution in [0.3, 0.4) is 0 Å². The van der Waals surface area contributed by atoms with E-state index in [-0.39, 0.29) is 0 Å². The van der Waals surface area contributed by atoms with Crippen molar-refractivity contribution < 1.29 is 0 Å². The van der Waals surface area contributed by atoms with Crippen molar-refractivity contribution in [2.75, 3.05) is 32.1 Å². The molecule has 0 radical (unpaired) electrons. The standard InChI is InChI=1S/C14H20N4.2C2H6/c1-17(2)14-16-12-5-3-4-6-13(12)18(14)11-7-9-15-10-8-11;2*1-2/h3-6,11,15H,7-10H2,1-2H3;2*1-2H3. The molecule has 0 amide bonds. The van der Waals surface area contributed by atoms with Crippen LogP contribution >= 0.6 is 0 Å². The van der Waals surface area contributed by atoms with E-state index in [4.69, 9.17) is 4.98 Å². The third-order valence-electron chi connectivity index (χ3n) is 3.65. The Labute approximate surface area is 135 Å². The zero-order chi connectivity index (χ0) is 16.5. The minimum Gasteiger partial charge on any atom is -0.348 e. The molecule has 2 aromatic rings. The third kappa shape index (κ3) is 4.01. The number of nitrogens with one attached hydrogen (secondary N) is 1. The molecular formula is C18H32N4. The summed E-state index contributed by atoms with van der Waals surface area (Å²) in [5, 5.41) is 3.43. The highest BCUT2D eigenvalue weighted by molar-refractivity contribution is 5.79. The Morgan fingerprint density at radius 2 is 1.64 bits per heavy atom. The second-order valence-corrected chi connectivity index (χ2v) is 5.15. The van der Waals surface area contributed by atoms with Crippen molar-refractivity contribution in [3.63, 3.8) is 0 Å². The van der Waals surface area contributed by atoms with Crippen LogP contribution in [-0.2, 0) is 0 Å². The van der Waals surface area contributed by atoms with Gasteiger partial charge in [-0.05, 0) is 38.1 Å². The number of piperidine rings is 1. The van der Waals surface area contributed by atoms with Gasteiger partial charge in [0.1, 0.15) is 0 Å². The van der Waals surface area contributed by atoms with Crippen LogP contribution < -0.4 is 10.2 Å². The van der Waals surface area contributed by atoms with E-state index in [1.54, 1.807) is 0 Å². The molecule has 4 nitrogen and oxygen atoms in total. The Kier molecular flexibility index (Phi) is 7.96. The first-order valence-corrected chi connectivity index (χ1v) is 8.62. The first-order chi connectivity index (χ1) is 10.8. The van der Waals surface area contributed by atoms with Crippen LogP contribution in [0.15, 0.2) is 24.3 Å². The zero-order valence-electron chi connectivity index (χ0n) is 15.1.